The molecule has 0 aliphatic rings. The maximum Gasteiger partial charge on any atom is 0.332 e. The van der Waals surface area contributed by atoms with E-state index in [1.54, 1.807) is 0 Å². The molecule has 1 N–H and O–H groups in total. The zero-order valence-corrected chi connectivity index (χ0v) is 11.9. The summed E-state index contributed by atoms with van der Waals surface area (Å²) in [6.07, 6.45) is 0. The van der Waals surface area contributed by atoms with Gasteiger partial charge in [0.25, 0.3) is 5.56 Å². The zero-order valence-electron chi connectivity index (χ0n) is 11.9. The fourth-order valence-electron chi connectivity index (χ4n) is 1.64. The van der Waals surface area contributed by atoms with Crippen LogP contribution in [-0.4, -0.2) is 28.9 Å². The zero-order chi connectivity index (χ0) is 15.3. The summed E-state index contributed by atoms with van der Waals surface area (Å²) in [5, 5.41) is 11.9. The van der Waals surface area contributed by atoms with Crippen molar-refractivity contribution in [3.8, 4) is 6.07 Å². The highest BCUT2D eigenvalue weighted by atomic mass is 16.5. The van der Waals surface area contributed by atoms with E-state index in [0.717, 1.165) is 10.1 Å². The Morgan fingerprint density at radius 1 is 1.40 bits per heavy atom. The van der Waals surface area contributed by atoms with Gasteiger partial charge >= 0.3 is 5.69 Å². The fraction of sp³-hybridized carbons (Fsp3) is 0.462. The Balaban J connectivity index is 2.91. The van der Waals surface area contributed by atoms with Crippen LogP contribution in [0.4, 0.5) is 5.82 Å². The Labute approximate surface area is 116 Å². The van der Waals surface area contributed by atoms with Gasteiger partial charge in [0.1, 0.15) is 11.9 Å². The summed E-state index contributed by atoms with van der Waals surface area (Å²) in [6, 6.07) is 1.82. The summed E-state index contributed by atoms with van der Waals surface area (Å²) in [6.45, 7) is 6.76. The van der Waals surface area contributed by atoms with Crippen LogP contribution < -0.4 is 16.6 Å². The van der Waals surface area contributed by atoms with Gasteiger partial charge in [0, 0.05) is 20.6 Å². The molecule has 0 aliphatic heterocycles. The van der Waals surface area contributed by atoms with Crippen LogP contribution in [0.25, 0.3) is 0 Å². The van der Waals surface area contributed by atoms with Crippen molar-refractivity contribution >= 4 is 5.82 Å². The molecule has 1 rings (SSSR count). The lowest BCUT2D eigenvalue weighted by Gasteiger charge is -2.13. The predicted molar refractivity (Wildman–Crippen MR) is 75.8 cm³/mol. The quantitative estimate of drug-likeness (QED) is 0.582. The van der Waals surface area contributed by atoms with Crippen LogP contribution in [0.5, 0.6) is 0 Å². The maximum absolute atomic E-state index is 11.8. The lowest BCUT2D eigenvalue weighted by Crippen LogP contribution is -2.40. The molecular formula is C13H18N4O3. The summed E-state index contributed by atoms with van der Waals surface area (Å²) in [4.78, 5) is 23.6. The normalized spacial score (nSPS) is 10.1. The van der Waals surface area contributed by atoms with Gasteiger partial charge in [0.15, 0.2) is 5.56 Å². The number of nitrogens with one attached hydrogen (secondary N) is 1. The number of aromatic nitrogens is 2. The predicted octanol–water partition coefficient (Wildman–Crippen LogP) is -0.0397. The maximum atomic E-state index is 11.8. The number of rotatable bonds is 6. The van der Waals surface area contributed by atoms with E-state index < -0.39 is 11.2 Å². The summed E-state index contributed by atoms with van der Waals surface area (Å²) < 4.78 is 7.44. The van der Waals surface area contributed by atoms with Gasteiger partial charge in [0.05, 0.1) is 13.2 Å². The molecule has 0 radical (unpaired) electrons. The molecule has 0 bridgehead atoms. The lowest BCUT2D eigenvalue weighted by atomic mass is 10.3. The van der Waals surface area contributed by atoms with E-state index in [4.69, 9.17) is 10.00 Å². The highest BCUT2D eigenvalue weighted by molar-refractivity contribution is 5.51. The smallest absolute Gasteiger partial charge is 0.332 e. The minimum absolute atomic E-state index is 0.0884. The molecule has 0 spiro atoms. The van der Waals surface area contributed by atoms with Gasteiger partial charge in [-0.15, -0.1) is 0 Å². The van der Waals surface area contributed by atoms with Gasteiger partial charge in [-0.2, -0.15) is 5.26 Å². The first-order chi connectivity index (χ1) is 9.40. The van der Waals surface area contributed by atoms with Crippen LogP contribution >= 0.6 is 0 Å². The van der Waals surface area contributed by atoms with Crippen LogP contribution in [0.3, 0.4) is 0 Å². The molecule has 0 aliphatic carbocycles. The Hall–Kier alpha value is -2.33. The third-order valence-electron chi connectivity index (χ3n) is 2.66. The van der Waals surface area contributed by atoms with E-state index in [9.17, 15) is 9.59 Å². The van der Waals surface area contributed by atoms with Crippen molar-refractivity contribution in [1.29, 1.82) is 5.26 Å². The van der Waals surface area contributed by atoms with Crippen molar-refractivity contribution in [2.75, 3.05) is 25.1 Å². The number of hydrogen-bond donors (Lipinski definition) is 1. The van der Waals surface area contributed by atoms with Gasteiger partial charge in [-0.1, -0.05) is 12.2 Å². The molecule has 1 aromatic rings. The van der Waals surface area contributed by atoms with Crippen molar-refractivity contribution in [2.45, 2.75) is 6.92 Å². The van der Waals surface area contributed by atoms with E-state index in [-0.39, 0.29) is 11.4 Å². The van der Waals surface area contributed by atoms with E-state index >= 15 is 0 Å². The fourth-order valence-corrected chi connectivity index (χ4v) is 1.64. The number of ether oxygens (including phenoxy) is 1. The van der Waals surface area contributed by atoms with Gasteiger partial charge < -0.3 is 10.1 Å². The van der Waals surface area contributed by atoms with Gasteiger partial charge in [-0.25, -0.2) is 4.79 Å². The molecule has 0 unspecified atom stereocenters. The first kappa shape index (κ1) is 15.7. The highest BCUT2D eigenvalue weighted by Crippen LogP contribution is 2.06. The molecule has 1 aromatic heterocycles. The molecule has 0 fully saturated rings. The van der Waals surface area contributed by atoms with Gasteiger partial charge in [-0.05, 0) is 6.92 Å². The summed E-state index contributed by atoms with van der Waals surface area (Å²) >= 11 is 0. The second-order valence-electron chi connectivity index (χ2n) is 4.48. The molecule has 20 heavy (non-hydrogen) atoms. The van der Waals surface area contributed by atoms with Crippen LogP contribution in [0.1, 0.15) is 12.5 Å². The molecule has 0 aromatic carbocycles. The standard InChI is InChI=1S/C13H18N4O3/c1-9(2)8-20-6-5-15-11-10(7-14)12(18)17(4)13(19)16(11)3/h15H,1,5-6,8H2,2-4H3. The average molecular weight is 278 g/mol. The number of anilines is 1. The summed E-state index contributed by atoms with van der Waals surface area (Å²) in [5.74, 6) is 0.208. The van der Waals surface area contributed by atoms with E-state index in [1.165, 1.54) is 18.7 Å². The molecule has 0 saturated heterocycles. The first-order valence-corrected chi connectivity index (χ1v) is 6.06. The Kier molecular flexibility index (Phi) is 5.29. The summed E-state index contributed by atoms with van der Waals surface area (Å²) in [7, 11) is 2.84. The largest absolute Gasteiger partial charge is 0.375 e. The van der Waals surface area contributed by atoms with Crippen LogP contribution in [0.15, 0.2) is 21.7 Å². The Bertz CT molecular complexity index is 664. The van der Waals surface area contributed by atoms with Crippen molar-refractivity contribution < 1.29 is 4.74 Å². The second kappa shape index (κ2) is 6.73. The van der Waals surface area contributed by atoms with Crippen molar-refractivity contribution in [3.63, 3.8) is 0 Å². The van der Waals surface area contributed by atoms with Gasteiger partial charge in [-0.3, -0.25) is 13.9 Å². The molecule has 7 heteroatoms. The lowest BCUT2D eigenvalue weighted by molar-refractivity contribution is 0.167. The minimum atomic E-state index is -0.610. The molecule has 7 nitrogen and oxygen atoms in total. The van der Waals surface area contributed by atoms with E-state index in [0.29, 0.717) is 19.8 Å². The average Bonchev–Trinajstić information content (AvgIpc) is 2.41. The molecule has 0 amide bonds. The SMILES string of the molecule is C=C(C)COCCNc1c(C#N)c(=O)n(C)c(=O)n1C. The Morgan fingerprint density at radius 3 is 2.60 bits per heavy atom. The number of nitrogens with zero attached hydrogens (tertiary/aromatic N) is 3. The molecule has 1 heterocycles. The minimum Gasteiger partial charge on any atom is -0.375 e. The summed E-state index contributed by atoms with van der Waals surface area (Å²) in [5.41, 5.74) is -0.279. The van der Waals surface area contributed by atoms with E-state index in [1.807, 2.05) is 13.0 Å². The third kappa shape index (κ3) is 3.36. The third-order valence-corrected chi connectivity index (χ3v) is 2.66. The number of hydrogen-bond acceptors (Lipinski definition) is 5. The van der Waals surface area contributed by atoms with Crippen molar-refractivity contribution in [2.24, 2.45) is 14.1 Å². The number of nitriles is 1. The monoisotopic (exact) mass is 278 g/mol. The first-order valence-electron chi connectivity index (χ1n) is 6.06. The van der Waals surface area contributed by atoms with Crippen LogP contribution in [0.2, 0.25) is 0 Å². The van der Waals surface area contributed by atoms with Gasteiger partial charge in [0.2, 0.25) is 0 Å². The van der Waals surface area contributed by atoms with Crippen molar-refractivity contribution in [1.82, 2.24) is 9.13 Å². The van der Waals surface area contributed by atoms with E-state index in [2.05, 4.69) is 11.9 Å². The highest BCUT2D eigenvalue weighted by Gasteiger charge is 2.14. The topological polar surface area (TPSA) is 89.1 Å². The molecular weight excluding hydrogens is 260 g/mol. The van der Waals surface area contributed by atoms with Crippen LogP contribution in [-0.2, 0) is 18.8 Å². The Morgan fingerprint density at radius 2 is 2.05 bits per heavy atom. The molecule has 108 valence electrons. The molecule has 0 atom stereocenters. The second-order valence-corrected chi connectivity index (χ2v) is 4.48. The molecule has 0 saturated carbocycles. The van der Waals surface area contributed by atoms with Crippen molar-refractivity contribution in [3.05, 3.63) is 38.6 Å². The van der Waals surface area contributed by atoms with Crippen LogP contribution in [0, 0.1) is 11.3 Å².